The van der Waals surface area contributed by atoms with Crippen molar-refractivity contribution in [2.45, 2.75) is 26.7 Å². The van der Waals surface area contributed by atoms with Crippen LogP contribution in [0, 0.1) is 15.5 Å². The van der Waals surface area contributed by atoms with E-state index in [0.717, 1.165) is 25.9 Å². The maximum Gasteiger partial charge on any atom is 0.270 e. The quantitative estimate of drug-likeness (QED) is 0.485. The van der Waals surface area contributed by atoms with Crippen molar-refractivity contribution < 1.29 is 9.72 Å². The molecule has 0 aromatic heterocycles. The number of hydrogen-bond donors (Lipinski definition) is 0. The second-order valence-corrected chi connectivity index (χ2v) is 5.86. The highest BCUT2D eigenvalue weighted by Crippen LogP contribution is 2.33. The van der Waals surface area contributed by atoms with Crippen LogP contribution < -0.4 is 0 Å². The maximum absolute atomic E-state index is 12.1. The van der Waals surface area contributed by atoms with E-state index in [1.165, 1.54) is 18.2 Å². The van der Waals surface area contributed by atoms with Gasteiger partial charge in [0.2, 0.25) is 5.91 Å². The van der Waals surface area contributed by atoms with Crippen LogP contribution in [0.25, 0.3) is 6.08 Å². The van der Waals surface area contributed by atoms with Crippen LogP contribution in [0.2, 0.25) is 0 Å². The molecule has 1 heterocycles. The van der Waals surface area contributed by atoms with E-state index < -0.39 is 4.92 Å². The van der Waals surface area contributed by atoms with E-state index in [1.54, 1.807) is 18.2 Å². The van der Waals surface area contributed by atoms with Gasteiger partial charge >= 0.3 is 0 Å². The number of carbonyl (C=O) groups excluding carboxylic acids is 1. The Kier molecular flexibility index (Phi) is 4.40. The summed E-state index contributed by atoms with van der Waals surface area (Å²) in [5, 5.41) is 10.7. The SMILES string of the molecule is CCC1(C)CCN(C(=O)C=Cc2cccc([N+](=O)[O-])c2)C1. The Morgan fingerprint density at radius 1 is 1.52 bits per heavy atom. The van der Waals surface area contributed by atoms with E-state index in [9.17, 15) is 14.9 Å². The number of carbonyl (C=O) groups is 1. The van der Waals surface area contributed by atoms with Crippen LogP contribution in [0.4, 0.5) is 5.69 Å². The zero-order chi connectivity index (χ0) is 15.5. The number of likely N-dealkylation sites (tertiary alicyclic amines) is 1. The molecule has 0 radical (unpaired) electrons. The number of nitro benzene ring substituents is 1. The van der Waals surface area contributed by atoms with Gasteiger partial charge in [0.25, 0.3) is 5.69 Å². The number of benzene rings is 1. The van der Waals surface area contributed by atoms with Crippen molar-refractivity contribution >= 4 is 17.7 Å². The Morgan fingerprint density at radius 2 is 2.29 bits per heavy atom. The molecular formula is C16H20N2O3. The molecule has 112 valence electrons. The molecule has 0 aliphatic carbocycles. The van der Waals surface area contributed by atoms with Crippen LogP contribution in [0.3, 0.4) is 0 Å². The van der Waals surface area contributed by atoms with E-state index in [4.69, 9.17) is 0 Å². The summed E-state index contributed by atoms with van der Waals surface area (Å²) >= 11 is 0. The first kappa shape index (κ1) is 15.2. The van der Waals surface area contributed by atoms with Crippen LogP contribution in [-0.4, -0.2) is 28.8 Å². The van der Waals surface area contributed by atoms with Crippen LogP contribution in [0.1, 0.15) is 32.3 Å². The molecule has 1 fully saturated rings. The van der Waals surface area contributed by atoms with Gasteiger partial charge in [-0.05, 0) is 29.9 Å². The van der Waals surface area contributed by atoms with Crippen molar-refractivity contribution in [2.75, 3.05) is 13.1 Å². The molecule has 1 aromatic carbocycles. The summed E-state index contributed by atoms with van der Waals surface area (Å²) in [6.07, 6.45) is 5.22. The lowest BCUT2D eigenvalue weighted by molar-refractivity contribution is -0.384. The smallest absolute Gasteiger partial charge is 0.270 e. The molecule has 5 nitrogen and oxygen atoms in total. The van der Waals surface area contributed by atoms with E-state index in [0.29, 0.717) is 5.56 Å². The highest BCUT2D eigenvalue weighted by Gasteiger charge is 2.33. The first-order valence-electron chi connectivity index (χ1n) is 7.15. The zero-order valence-electron chi connectivity index (χ0n) is 12.4. The first-order chi connectivity index (χ1) is 9.93. The maximum atomic E-state index is 12.1. The number of non-ortho nitro benzene ring substituents is 1. The summed E-state index contributed by atoms with van der Waals surface area (Å²) in [5.41, 5.74) is 0.911. The second kappa shape index (κ2) is 6.08. The highest BCUT2D eigenvalue weighted by molar-refractivity contribution is 5.92. The van der Waals surface area contributed by atoms with E-state index in [2.05, 4.69) is 13.8 Å². The van der Waals surface area contributed by atoms with Gasteiger partial charge in [-0.3, -0.25) is 14.9 Å². The summed E-state index contributed by atoms with van der Waals surface area (Å²) in [6, 6.07) is 6.26. The Labute approximate surface area is 124 Å². The summed E-state index contributed by atoms with van der Waals surface area (Å²) < 4.78 is 0. The van der Waals surface area contributed by atoms with Crippen LogP contribution in [0.15, 0.2) is 30.3 Å². The summed E-state index contributed by atoms with van der Waals surface area (Å²) in [6.45, 7) is 5.90. The van der Waals surface area contributed by atoms with Gasteiger partial charge in [0.15, 0.2) is 0 Å². The van der Waals surface area contributed by atoms with Gasteiger partial charge in [-0.2, -0.15) is 0 Å². The van der Waals surface area contributed by atoms with Crippen molar-refractivity contribution in [1.29, 1.82) is 0 Å². The molecule has 0 spiro atoms. The molecule has 1 unspecified atom stereocenters. The Balaban J connectivity index is 2.03. The number of rotatable bonds is 4. The molecule has 0 bridgehead atoms. The zero-order valence-corrected chi connectivity index (χ0v) is 12.4. The van der Waals surface area contributed by atoms with Crippen LogP contribution >= 0.6 is 0 Å². The fourth-order valence-corrected chi connectivity index (χ4v) is 2.52. The van der Waals surface area contributed by atoms with E-state index >= 15 is 0 Å². The monoisotopic (exact) mass is 288 g/mol. The molecule has 2 rings (SSSR count). The molecule has 1 aliphatic heterocycles. The van der Waals surface area contributed by atoms with Gasteiger partial charge in [0.1, 0.15) is 0 Å². The standard InChI is InChI=1S/C16H20N2O3/c1-3-16(2)9-10-17(12-16)15(19)8-7-13-5-4-6-14(11-13)18(20)21/h4-8,11H,3,9-10,12H2,1-2H3. The van der Waals surface area contributed by atoms with Gasteiger partial charge in [0.05, 0.1) is 4.92 Å². The predicted octanol–water partition coefficient (Wildman–Crippen LogP) is 3.26. The van der Waals surface area contributed by atoms with Crippen molar-refractivity contribution in [2.24, 2.45) is 5.41 Å². The van der Waals surface area contributed by atoms with E-state index in [-0.39, 0.29) is 17.0 Å². The third-order valence-corrected chi connectivity index (χ3v) is 4.22. The van der Waals surface area contributed by atoms with Gasteiger partial charge in [-0.1, -0.05) is 26.0 Å². The number of amides is 1. The molecule has 0 N–H and O–H groups in total. The fourth-order valence-electron chi connectivity index (χ4n) is 2.52. The Bertz CT molecular complexity index is 583. The topological polar surface area (TPSA) is 63.5 Å². The van der Waals surface area contributed by atoms with Gasteiger partial charge in [-0.25, -0.2) is 0 Å². The summed E-state index contributed by atoms with van der Waals surface area (Å²) in [5.74, 6) is -0.0290. The fraction of sp³-hybridized carbons (Fsp3) is 0.438. The molecule has 1 atom stereocenters. The lowest BCUT2D eigenvalue weighted by Crippen LogP contribution is -2.29. The van der Waals surface area contributed by atoms with Gasteiger partial charge in [-0.15, -0.1) is 0 Å². The minimum Gasteiger partial charge on any atom is -0.339 e. The molecule has 1 aromatic rings. The number of nitro groups is 1. The summed E-state index contributed by atoms with van der Waals surface area (Å²) in [7, 11) is 0. The van der Waals surface area contributed by atoms with Crippen molar-refractivity contribution in [1.82, 2.24) is 4.90 Å². The minimum absolute atomic E-state index is 0.0290. The molecule has 5 heteroatoms. The van der Waals surface area contributed by atoms with Crippen LogP contribution in [0.5, 0.6) is 0 Å². The molecule has 1 saturated heterocycles. The largest absolute Gasteiger partial charge is 0.339 e. The van der Waals surface area contributed by atoms with Crippen molar-refractivity contribution in [3.05, 3.63) is 46.0 Å². The minimum atomic E-state index is -0.438. The molecule has 1 aliphatic rings. The average molecular weight is 288 g/mol. The molecule has 1 amide bonds. The van der Waals surface area contributed by atoms with Gasteiger partial charge < -0.3 is 4.90 Å². The molecule has 21 heavy (non-hydrogen) atoms. The third-order valence-electron chi connectivity index (χ3n) is 4.22. The lowest BCUT2D eigenvalue weighted by atomic mass is 9.87. The average Bonchev–Trinajstić information content (AvgIpc) is 2.88. The van der Waals surface area contributed by atoms with Crippen LogP contribution in [-0.2, 0) is 4.79 Å². The van der Waals surface area contributed by atoms with E-state index in [1.807, 2.05) is 4.90 Å². The van der Waals surface area contributed by atoms with Crippen molar-refractivity contribution in [3.63, 3.8) is 0 Å². The van der Waals surface area contributed by atoms with Crippen molar-refractivity contribution in [3.8, 4) is 0 Å². The molecular weight excluding hydrogens is 268 g/mol. The first-order valence-corrected chi connectivity index (χ1v) is 7.15. The number of hydrogen-bond acceptors (Lipinski definition) is 3. The van der Waals surface area contributed by atoms with Gasteiger partial charge in [0, 0.05) is 31.3 Å². The Morgan fingerprint density at radius 3 is 2.90 bits per heavy atom. The normalized spacial score (nSPS) is 21.9. The lowest BCUT2D eigenvalue weighted by Gasteiger charge is -2.21. The second-order valence-electron chi connectivity index (χ2n) is 5.86. The highest BCUT2D eigenvalue weighted by atomic mass is 16.6. The number of nitrogens with zero attached hydrogens (tertiary/aromatic N) is 2. The molecule has 0 saturated carbocycles. The third kappa shape index (κ3) is 3.68. The summed E-state index contributed by atoms with van der Waals surface area (Å²) in [4.78, 5) is 24.3. The predicted molar refractivity (Wildman–Crippen MR) is 81.7 cm³/mol. The Hall–Kier alpha value is -2.17.